The van der Waals surface area contributed by atoms with Gasteiger partial charge in [-0.05, 0) is 57.0 Å². The molecule has 2 aromatic rings. The van der Waals surface area contributed by atoms with Crippen molar-refractivity contribution in [1.82, 2.24) is 14.9 Å². The molecule has 0 amide bonds. The topological polar surface area (TPSA) is 41.2 Å². The maximum absolute atomic E-state index is 5.99. The first kappa shape index (κ1) is 17.6. The summed E-state index contributed by atoms with van der Waals surface area (Å²) in [5, 5.41) is 0. The van der Waals surface area contributed by atoms with Crippen molar-refractivity contribution in [2.24, 2.45) is 5.41 Å². The van der Waals surface area contributed by atoms with Gasteiger partial charge in [-0.15, -0.1) is 0 Å². The lowest BCUT2D eigenvalue weighted by Crippen LogP contribution is -2.34. The molecule has 4 rings (SSSR count). The Morgan fingerprint density at radius 1 is 1.19 bits per heavy atom. The molecule has 1 aromatic carbocycles. The van der Waals surface area contributed by atoms with Crippen LogP contribution in [0.1, 0.15) is 57.7 Å². The Kier molecular flexibility index (Phi) is 5.03. The van der Waals surface area contributed by atoms with Crippen molar-refractivity contribution in [3.05, 3.63) is 41.9 Å². The highest BCUT2D eigenvalue weighted by Crippen LogP contribution is 2.37. The van der Waals surface area contributed by atoms with Gasteiger partial charge < -0.3 is 14.6 Å². The van der Waals surface area contributed by atoms with E-state index in [4.69, 9.17) is 9.72 Å². The quantitative estimate of drug-likeness (QED) is 0.807. The lowest BCUT2D eigenvalue weighted by molar-refractivity contribution is 0.144. The minimum Gasteiger partial charge on any atom is -0.497 e. The van der Waals surface area contributed by atoms with Crippen LogP contribution in [0, 0.1) is 5.41 Å². The third-order valence-corrected chi connectivity index (χ3v) is 6.48. The second kappa shape index (κ2) is 7.43. The predicted molar refractivity (Wildman–Crippen MR) is 106 cm³/mol. The summed E-state index contributed by atoms with van der Waals surface area (Å²) < 4.78 is 5.99. The zero-order valence-corrected chi connectivity index (χ0v) is 16.1. The van der Waals surface area contributed by atoms with Crippen molar-refractivity contribution in [1.29, 1.82) is 0 Å². The molecule has 0 bridgehead atoms. The molecular weight excluding hydrogens is 322 g/mol. The van der Waals surface area contributed by atoms with Crippen LogP contribution in [0.4, 0.5) is 0 Å². The number of fused-ring (bicyclic) bond motifs is 1. The molecular formula is C22H31N3O. The second-order valence-electron chi connectivity index (χ2n) is 7.97. The number of aromatic amines is 1. The molecule has 0 unspecified atom stereocenters. The van der Waals surface area contributed by atoms with Crippen LogP contribution in [0.25, 0.3) is 11.0 Å². The van der Waals surface area contributed by atoms with Crippen molar-refractivity contribution in [2.45, 2.75) is 51.9 Å². The van der Waals surface area contributed by atoms with Crippen molar-refractivity contribution in [3.8, 4) is 0 Å². The van der Waals surface area contributed by atoms with Gasteiger partial charge in [-0.2, -0.15) is 0 Å². The molecule has 0 atom stereocenters. The smallest absolute Gasteiger partial charge is 0.110 e. The van der Waals surface area contributed by atoms with Gasteiger partial charge in [-0.1, -0.05) is 26.0 Å². The summed E-state index contributed by atoms with van der Waals surface area (Å²) in [6, 6.07) is 8.33. The zero-order chi connectivity index (χ0) is 18.0. The van der Waals surface area contributed by atoms with E-state index >= 15 is 0 Å². The van der Waals surface area contributed by atoms with E-state index in [9.17, 15) is 0 Å². The molecule has 0 spiro atoms. The van der Waals surface area contributed by atoms with Crippen molar-refractivity contribution < 1.29 is 4.74 Å². The van der Waals surface area contributed by atoms with Crippen molar-refractivity contribution in [3.63, 3.8) is 0 Å². The van der Waals surface area contributed by atoms with E-state index in [2.05, 4.69) is 54.1 Å². The van der Waals surface area contributed by atoms with Gasteiger partial charge in [0.25, 0.3) is 0 Å². The molecule has 2 aliphatic rings. The third kappa shape index (κ3) is 3.52. The van der Waals surface area contributed by atoms with E-state index in [1.165, 1.54) is 37.3 Å². The van der Waals surface area contributed by atoms with Crippen LogP contribution < -0.4 is 0 Å². The minimum atomic E-state index is 0.295. The van der Waals surface area contributed by atoms with E-state index < -0.39 is 0 Å². The van der Waals surface area contributed by atoms with Crippen LogP contribution in [0.15, 0.2) is 36.1 Å². The lowest BCUT2D eigenvalue weighted by Gasteiger charge is -2.31. The SMILES string of the molecule is CCC1(CC)C=C(CCN2CCC(c3nc4ccccc4[nH]3)CC2)OC1. The van der Waals surface area contributed by atoms with Gasteiger partial charge in [-0.25, -0.2) is 4.98 Å². The number of para-hydroxylation sites is 2. The molecule has 0 saturated carbocycles. The molecule has 0 aliphatic carbocycles. The summed E-state index contributed by atoms with van der Waals surface area (Å²) in [7, 11) is 0. The number of likely N-dealkylation sites (tertiary alicyclic amines) is 1. The maximum Gasteiger partial charge on any atom is 0.110 e. The number of nitrogens with zero attached hydrogens (tertiary/aromatic N) is 2. The molecule has 4 heteroatoms. The number of hydrogen-bond acceptors (Lipinski definition) is 3. The molecule has 1 saturated heterocycles. The van der Waals surface area contributed by atoms with Gasteiger partial charge in [0.15, 0.2) is 0 Å². The Bertz CT molecular complexity index is 734. The van der Waals surface area contributed by atoms with Crippen LogP contribution in [0.2, 0.25) is 0 Å². The Morgan fingerprint density at radius 2 is 1.96 bits per heavy atom. The monoisotopic (exact) mass is 353 g/mol. The van der Waals surface area contributed by atoms with Crippen LogP contribution >= 0.6 is 0 Å². The Morgan fingerprint density at radius 3 is 2.65 bits per heavy atom. The van der Waals surface area contributed by atoms with Gasteiger partial charge in [-0.3, -0.25) is 0 Å². The number of imidazole rings is 1. The largest absolute Gasteiger partial charge is 0.497 e. The minimum absolute atomic E-state index is 0.295. The standard InChI is InChI=1S/C22H31N3O/c1-3-22(4-2)15-18(26-16-22)11-14-25-12-9-17(10-13-25)21-23-19-7-5-6-8-20(19)24-21/h5-8,15,17H,3-4,9-14,16H2,1-2H3,(H,23,24). The molecule has 3 heterocycles. The van der Waals surface area contributed by atoms with Crippen LogP contribution in [-0.4, -0.2) is 41.1 Å². The molecule has 0 radical (unpaired) electrons. The number of ether oxygens (including phenoxy) is 1. The molecule has 1 N–H and O–H groups in total. The highest BCUT2D eigenvalue weighted by atomic mass is 16.5. The van der Waals surface area contributed by atoms with E-state index in [-0.39, 0.29) is 0 Å². The fraction of sp³-hybridized carbons (Fsp3) is 0.591. The van der Waals surface area contributed by atoms with Crippen LogP contribution in [0.3, 0.4) is 0 Å². The summed E-state index contributed by atoms with van der Waals surface area (Å²) in [6.07, 6.45) is 8.19. The first-order valence-corrected chi connectivity index (χ1v) is 10.2. The Labute approximate surface area is 156 Å². The number of aromatic nitrogens is 2. The van der Waals surface area contributed by atoms with Gasteiger partial charge in [0, 0.05) is 24.3 Å². The molecule has 2 aliphatic heterocycles. The number of hydrogen-bond donors (Lipinski definition) is 1. The Balaban J connectivity index is 1.29. The normalized spacial score (nSPS) is 21.1. The summed E-state index contributed by atoms with van der Waals surface area (Å²) in [5.41, 5.74) is 2.54. The number of nitrogens with one attached hydrogen (secondary N) is 1. The fourth-order valence-corrected chi connectivity index (χ4v) is 4.33. The Hall–Kier alpha value is -1.81. The highest BCUT2D eigenvalue weighted by Gasteiger charge is 2.31. The number of piperidine rings is 1. The molecule has 1 fully saturated rings. The third-order valence-electron chi connectivity index (χ3n) is 6.48. The average molecular weight is 354 g/mol. The lowest BCUT2D eigenvalue weighted by atomic mass is 9.84. The van der Waals surface area contributed by atoms with Gasteiger partial charge in [0.1, 0.15) is 5.82 Å². The van der Waals surface area contributed by atoms with Crippen molar-refractivity contribution in [2.75, 3.05) is 26.2 Å². The predicted octanol–water partition coefficient (Wildman–Crippen LogP) is 4.85. The first-order chi connectivity index (χ1) is 12.7. The summed E-state index contributed by atoms with van der Waals surface area (Å²) >= 11 is 0. The number of benzene rings is 1. The molecule has 1 aromatic heterocycles. The average Bonchev–Trinajstić information content (AvgIpc) is 3.31. The zero-order valence-electron chi connectivity index (χ0n) is 16.1. The molecule has 4 nitrogen and oxygen atoms in total. The molecule has 140 valence electrons. The van der Waals surface area contributed by atoms with Gasteiger partial charge in [0.05, 0.1) is 23.4 Å². The van der Waals surface area contributed by atoms with E-state index in [1.54, 1.807) is 0 Å². The second-order valence-corrected chi connectivity index (χ2v) is 7.97. The van der Waals surface area contributed by atoms with Crippen LogP contribution in [-0.2, 0) is 4.74 Å². The summed E-state index contributed by atoms with van der Waals surface area (Å²) in [5.74, 6) is 2.95. The van der Waals surface area contributed by atoms with Gasteiger partial charge >= 0.3 is 0 Å². The summed E-state index contributed by atoms with van der Waals surface area (Å²) in [6.45, 7) is 8.85. The first-order valence-electron chi connectivity index (χ1n) is 10.2. The maximum atomic E-state index is 5.99. The molecule has 26 heavy (non-hydrogen) atoms. The number of H-pyrrole nitrogens is 1. The van der Waals surface area contributed by atoms with E-state index in [0.29, 0.717) is 11.3 Å². The number of rotatable bonds is 6. The fourth-order valence-electron chi connectivity index (χ4n) is 4.33. The van der Waals surface area contributed by atoms with E-state index in [0.717, 1.165) is 43.7 Å². The summed E-state index contributed by atoms with van der Waals surface area (Å²) in [4.78, 5) is 10.9. The van der Waals surface area contributed by atoms with Crippen molar-refractivity contribution >= 4 is 11.0 Å². The van der Waals surface area contributed by atoms with E-state index in [1.807, 2.05) is 0 Å². The van der Waals surface area contributed by atoms with Gasteiger partial charge in [0.2, 0.25) is 0 Å². The van der Waals surface area contributed by atoms with Crippen LogP contribution in [0.5, 0.6) is 0 Å². The highest BCUT2D eigenvalue weighted by molar-refractivity contribution is 5.74.